The lowest BCUT2D eigenvalue weighted by atomic mass is 10.1. The number of carbonyl (C=O) groups is 2. The van der Waals surface area contributed by atoms with Crippen LogP contribution in [0, 0.1) is 6.92 Å². The normalized spacial score (nSPS) is 21.6. The summed E-state index contributed by atoms with van der Waals surface area (Å²) in [5.74, 6) is -1.20. The molecule has 0 aliphatic carbocycles. The molecule has 1 aliphatic rings. The standard InChI is InChI=1S/C14H17NO5/c1-8-10(3-2-4-11(8)16)13(17)15-7-9-5-6-12(20-9)14(18)19/h2-4,9,12,16H,5-7H2,1H3,(H,15,17)(H,18,19). The highest BCUT2D eigenvalue weighted by atomic mass is 16.5. The van der Waals surface area contributed by atoms with E-state index >= 15 is 0 Å². The van der Waals surface area contributed by atoms with Crippen molar-refractivity contribution in [2.45, 2.75) is 32.0 Å². The van der Waals surface area contributed by atoms with Gasteiger partial charge >= 0.3 is 5.97 Å². The van der Waals surface area contributed by atoms with E-state index in [-0.39, 0.29) is 24.3 Å². The third kappa shape index (κ3) is 3.08. The molecule has 3 N–H and O–H groups in total. The lowest BCUT2D eigenvalue weighted by Crippen LogP contribution is -2.33. The second kappa shape index (κ2) is 5.92. The van der Waals surface area contributed by atoms with E-state index in [0.717, 1.165) is 0 Å². The molecular formula is C14H17NO5. The zero-order chi connectivity index (χ0) is 14.7. The molecule has 1 fully saturated rings. The first kappa shape index (κ1) is 14.3. The van der Waals surface area contributed by atoms with Crippen molar-refractivity contribution in [3.8, 4) is 5.75 Å². The first-order chi connectivity index (χ1) is 9.49. The number of rotatable bonds is 4. The lowest BCUT2D eigenvalue weighted by molar-refractivity contribution is -0.149. The Bertz CT molecular complexity index is 528. The van der Waals surface area contributed by atoms with Crippen molar-refractivity contribution in [1.29, 1.82) is 0 Å². The van der Waals surface area contributed by atoms with Crippen LogP contribution < -0.4 is 5.32 Å². The van der Waals surface area contributed by atoms with Gasteiger partial charge in [-0.25, -0.2) is 4.79 Å². The van der Waals surface area contributed by atoms with Crippen LogP contribution in [-0.2, 0) is 9.53 Å². The van der Waals surface area contributed by atoms with Crippen LogP contribution in [0.4, 0.5) is 0 Å². The number of nitrogens with one attached hydrogen (secondary N) is 1. The molecule has 1 saturated heterocycles. The lowest BCUT2D eigenvalue weighted by Gasteiger charge is -2.13. The molecule has 20 heavy (non-hydrogen) atoms. The van der Waals surface area contributed by atoms with E-state index in [2.05, 4.69) is 5.32 Å². The van der Waals surface area contributed by atoms with Crippen LogP contribution >= 0.6 is 0 Å². The summed E-state index contributed by atoms with van der Waals surface area (Å²) in [5, 5.41) is 21.1. The van der Waals surface area contributed by atoms with Gasteiger partial charge in [0.2, 0.25) is 0 Å². The summed E-state index contributed by atoms with van der Waals surface area (Å²) in [4.78, 5) is 22.7. The molecule has 0 bridgehead atoms. The molecule has 6 heteroatoms. The highest BCUT2D eigenvalue weighted by Gasteiger charge is 2.30. The summed E-state index contributed by atoms with van der Waals surface area (Å²) >= 11 is 0. The Balaban J connectivity index is 1.90. The molecule has 2 atom stereocenters. The Morgan fingerprint density at radius 1 is 1.40 bits per heavy atom. The number of ether oxygens (including phenoxy) is 1. The quantitative estimate of drug-likeness (QED) is 0.766. The zero-order valence-corrected chi connectivity index (χ0v) is 11.1. The first-order valence-electron chi connectivity index (χ1n) is 6.44. The van der Waals surface area contributed by atoms with Gasteiger partial charge in [-0.2, -0.15) is 0 Å². The molecular weight excluding hydrogens is 262 g/mol. The van der Waals surface area contributed by atoms with Crippen molar-refractivity contribution in [3.05, 3.63) is 29.3 Å². The maximum absolute atomic E-state index is 12.0. The van der Waals surface area contributed by atoms with Crippen molar-refractivity contribution >= 4 is 11.9 Å². The van der Waals surface area contributed by atoms with Gasteiger partial charge in [0.05, 0.1) is 6.10 Å². The monoisotopic (exact) mass is 279 g/mol. The fourth-order valence-electron chi connectivity index (χ4n) is 2.21. The van der Waals surface area contributed by atoms with E-state index in [1.54, 1.807) is 19.1 Å². The molecule has 1 amide bonds. The van der Waals surface area contributed by atoms with Crippen LogP contribution in [0.25, 0.3) is 0 Å². The number of carboxylic acids is 1. The number of phenols is 1. The number of aliphatic carboxylic acids is 1. The minimum absolute atomic E-state index is 0.0701. The number of hydrogen-bond acceptors (Lipinski definition) is 4. The maximum Gasteiger partial charge on any atom is 0.332 e. The van der Waals surface area contributed by atoms with E-state index in [1.807, 2.05) is 0 Å². The summed E-state index contributed by atoms with van der Waals surface area (Å²) in [5.41, 5.74) is 0.915. The van der Waals surface area contributed by atoms with Gasteiger partial charge in [-0.15, -0.1) is 0 Å². The first-order valence-corrected chi connectivity index (χ1v) is 6.44. The van der Waals surface area contributed by atoms with Gasteiger partial charge in [-0.1, -0.05) is 6.07 Å². The molecule has 0 aromatic heterocycles. The van der Waals surface area contributed by atoms with Gasteiger partial charge in [0, 0.05) is 17.7 Å². The number of carbonyl (C=O) groups excluding carboxylic acids is 1. The molecule has 0 spiro atoms. The summed E-state index contributed by atoms with van der Waals surface area (Å²) in [7, 11) is 0. The summed E-state index contributed by atoms with van der Waals surface area (Å²) < 4.78 is 5.30. The average molecular weight is 279 g/mol. The van der Waals surface area contributed by atoms with Gasteiger partial charge in [-0.3, -0.25) is 4.79 Å². The Hall–Kier alpha value is -2.08. The van der Waals surface area contributed by atoms with Crippen LogP contribution in [0.3, 0.4) is 0 Å². The van der Waals surface area contributed by atoms with E-state index < -0.39 is 12.1 Å². The second-order valence-corrected chi connectivity index (χ2v) is 4.82. The Kier molecular flexibility index (Phi) is 4.24. The number of amides is 1. The topological polar surface area (TPSA) is 95.9 Å². The van der Waals surface area contributed by atoms with Crippen molar-refractivity contribution < 1.29 is 24.5 Å². The van der Waals surface area contributed by atoms with Crippen molar-refractivity contribution in [2.75, 3.05) is 6.54 Å². The van der Waals surface area contributed by atoms with E-state index in [0.29, 0.717) is 24.0 Å². The highest BCUT2D eigenvalue weighted by molar-refractivity contribution is 5.96. The third-order valence-corrected chi connectivity index (χ3v) is 3.42. The molecule has 2 unspecified atom stereocenters. The van der Waals surface area contributed by atoms with Gasteiger partial charge in [-0.05, 0) is 31.9 Å². The van der Waals surface area contributed by atoms with Crippen LogP contribution in [0.15, 0.2) is 18.2 Å². The largest absolute Gasteiger partial charge is 0.508 e. The zero-order valence-electron chi connectivity index (χ0n) is 11.1. The van der Waals surface area contributed by atoms with Gasteiger partial charge in [0.25, 0.3) is 5.91 Å². The van der Waals surface area contributed by atoms with Gasteiger partial charge < -0.3 is 20.3 Å². The summed E-state index contributed by atoms with van der Waals surface area (Å²) in [6.07, 6.45) is 0.00849. The predicted octanol–water partition coefficient (Wildman–Crippen LogP) is 1.06. The number of benzene rings is 1. The molecule has 1 aliphatic heterocycles. The number of carboxylic acid groups (broad SMARTS) is 1. The van der Waals surface area contributed by atoms with E-state index in [4.69, 9.17) is 9.84 Å². The molecule has 1 aromatic carbocycles. The molecule has 2 rings (SSSR count). The molecule has 0 radical (unpaired) electrons. The van der Waals surface area contributed by atoms with Gasteiger partial charge in [0.15, 0.2) is 6.10 Å². The Morgan fingerprint density at radius 2 is 2.15 bits per heavy atom. The van der Waals surface area contributed by atoms with Crippen molar-refractivity contribution in [3.63, 3.8) is 0 Å². The number of hydrogen-bond donors (Lipinski definition) is 3. The van der Waals surface area contributed by atoms with Crippen LogP contribution in [-0.4, -0.2) is 40.8 Å². The fraction of sp³-hybridized carbons (Fsp3) is 0.429. The minimum atomic E-state index is -0.970. The SMILES string of the molecule is Cc1c(O)cccc1C(=O)NCC1CCC(C(=O)O)O1. The summed E-state index contributed by atoms with van der Waals surface area (Å²) in [6, 6.07) is 4.74. The number of aromatic hydroxyl groups is 1. The van der Waals surface area contributed by atoms with Gasteiger partial charge in [0.1, 0.15) is 5.75 Å². The van der Waals surface area contributed by atoms with Crippen LogP contribution in [0.1, 0.15) is 28.8 Å². The molecule has 108 valence electrons. The Labute approximate surface area is 116 Å². The summed E-state index contributed by atoms with van der Waals surface area (Å²) in [6.45, 7) is 1.93. The average Bonchev–Trinajstić information content (AvgIpc) is 2.88. The maximum atomic E-state index is 12.0. The fourth-order valence-corrected chi connectivity index (χ4v) is 2.21. The molecule has 0 saturated carbocycles. The van der Waals surface area contributed by atoms with Crippen molar-refractivity contribution in [2.24, 2.45) is 0 Å². The molecule has 1 heterocycles. The van der Waals surface area contributed by atoms with E-state index in [1.165, 1.54) is 6.07 Å². The second-order valence-electron chi connectivity index (χ2n) is 4.82. The molecule has 6 nitrogen and oxygen atoms in total. The smallest absolute Gasteiger partial charge is 0.332 e. The highest BCUT2D eigenvalue weighted by Crippen LogP contribution is 2.21. The van der Waals surface area contributed by atoms with Crippen LogP contribution in [0.2, 0.25) is 0 Å². The van der Waals surface area contributed by atoms with Crippen molar-refractivity contribution in [1.82, 2.24) is 5.32 Å². The Morgan fingerprint density at radius 3 is 2.80 bits per heavy atom. The minimum Gasteiger partial charge on any atom is -0.508 e. The molecule has 1 aromatic rings. The number of phenolic OH excluding ortho intramolecular Hbond substituents is 1. The third-order valence-electron chi connectivity index (χ3n) is 3.42. The predicted molar refractivity (Wildman–Crippen MR) is 70.7 cm³/mol. The van der Waals surface area contributed by atoms with E-state index in [9.17, 15) is 14.7 Å². The van der Waals surface area contributed by atoms with Crippen LogP contribution in [0.5, 0.6) is 5.75 Å².